The third kappa shape index (κ3) is 2.83. The molecule has 104 valence electrons. The van der Waals surface area contributed by atoms with Gasteiger partial charge in [-0.1, -0.05) is 6.92 Å². The standard InChI is InChI=1S/C13H23NO4/c1-5-11(15)14-9-7-8-13(14,17-6-2)12(16)18-10(3)4/h10H,5-9H2,1-4H3/t13-/m1/s1. The summed E-state index contributed by atoms with van der Waals surface area (Å²) in [6.45, 7) is 8.11. The van der Waals surface area contributed by atoms with Gasteiger partial charge in [0.1, 0.15) is 0 Å². The molecule has 1 fully saturated rings. The molecule has 1 atom stereocenters. The first-order valence-electron chi connectivity index (χ1n) is 6.63. The van der Waals surface area contributed by atoms with Crippen LogP contribution in [-0.2, 0) is 19.1 Å². The molecule has 0 radical (unpaired) electrons. The molecule has 1 aliphatic rings. The van der Waals surface area contributed by atoms with Gasteiger partial charge in [-0.15, -0.1) is 0 Å². The summed E-state index contributed by atoms with van der Waals surface area (Å²) in [4.78, 5) is 25.7. The molecule has 0 aliphatic carbocycles. The van der Waals surface area contributed by atoms with Crippen LogP contribution in [0.3, 0.4) is 0 Å². The van der Waals surface area contributed by atoms with E-state index < -0.39 is 11.7 Å². The van der Waals surface area contributed by atoms with Gasteiger partial charge in [-0.25, -0.2) is 4.79 Å². The summed E-state index contributed by atoms with van der Waals surface area (Å²) in [5, 5.41) is 0. The number of nitrogens with zero attached hydrogens (tertiary/aromatic N) is 1. The van der Waals surface area contributed by atoms with E-state index in [-0.39, 0.29) is 12.0 Å². The maximum absolute atomic E-state index is 12.3. The van der Waals surface area contributed by atoms with Crippen LogP contribution in [-0.4, -0.2) is 41.8 Å². The number of carbonyl (C=O) groups excluding carboxylic acids is 2. The number of esters is 1. The Morgan fingerprint density at radius 2 is 2.00 bits per heavy atom. The highest BCUT2D eigenvalue weighted by molar-refractivity contribution is 5.87. The SMILES string of the molecule is CCO[C@@]1(C(=O)OC(C)C)CCCN1C(=O)CC. The van der Waals surface area contributed by atoms with Gasteiger partial charge < -0.3 is 14.4 Å². The number of rotatable bonds is 5. The second-order valence-corrected chi connectivity index (χ2v) is 4.67. The molecule has 1 saturated heterocycles. The highest BCUT2D eigenvalue weighted by Crippen LogP contribution is 2.33. The lowest BCUT2D eigenvalue weighted by Crippen LogP contribution is -2.56. The van der Waals surface area contributed by atoms with Crippen molar-refractivity contribution < 1.29 is 19.1 Å². The van der Waals surface area contributed by atoms with Crippen molar-refractivity contribution in [3.05, 3.63) is 0 Å². The van der Waals surface area contributed by atoms with Crippen molar-refractivity contribution in [1.29, 1.82) is 0 Å². The Balaban J connectivity index is 2.97. The summed E-state index contributed by atoms with van der Waals surface area (Å²) in [7, 11) is 0. The fourth-order valence-electron chi connectivity index (χ4n) is 2.28. The van der Waals surface area contributed by atoms with Gasteiger partial charge in [0.25, 0.3) is 0 Å². The molecule has 18 heavy (non-hydrogen) atoms. The fraction of sp³-hybridized carbons (Fsp3) is 0.846. The minimum Gasteiger partial charge on any atom is -0.459 e. The van der Waals surface area contributed by atoms with E-state index in [0.29, 0.717) is 26.0 Å². The molecule has 1 aliphatic heterocycles. The molecular formula is C13H23NO4. The number of likely N-dealkylation sites (tertiary alicyclic amines) is 1. The summed E-state index contributed by atoms with van der Waals surface area (Å²) in [5.41, 5.74) is -1.20. The Morgan fingerprint density at radius 1 is 1.33 bits per heavy atom. The minimum atomic E-state index is -1.20. The van der Waals surface area contributed by atoms with E-state index in [0.717, 1.165) is 6.42 Å². The highest BCUT2D eigenvalue weighted by Gasteiger charge is 2.52. The molecular weight excluding hydrogens is 234 g/mol. The molecule has 1 rings (SSSR count). The first-order chi connectivity index (χ1) is 8.47. The smallest absolute Gasteiger partial charge is 0.360 e. The molecule has 0 aromatic rings. The van der Waals surface area contributed by atoms with Crippen LogP contribution < -0.4 is 0 Å². The van der Waals surface area contributed by atoms with Crippen LogP contribution in [0.4, 0.5) is 0 Å². The average molecular weight is 257 g/mol. The van der Waals surface area contributed by atoms with Crippen molar-refractivity contribution in [2.75, 3.05) is 13.2 Å². The number of carbonyl (C=O) groups is 2. The fourth-order valence-corrected chi connectivity index (χ4v) is 2.28. The molecule has 1 amide bonds. The van der Waals surface area contributed by atoms with E-state index in [1.165, 1.54) is 4.90 Å². The van der Waals surface area contributed by atoms with Gasteiger partial charge in [-0.2, -0.15) is 0 Å². The largest absolute Gasteiger partial charge is 0.459 e. The zero-order chi connectivity index (χ0) is 13.8. The van der Waals surface area contributed by atoms with E-state index >= 15 is 0 Å². The molecule has 0 unspecified atom stereocenters. The summed E-state index contributed by atoms with van der Waals surface area (Å²) in [5.74, 6) is -0.514. The maximum atomic E-state index is 12.3. The van der Waals surface area contributed by atoms with E-state index in [2.05, 4.69) is 0 Å². The Kier molecular flexibility index (Phi) is 5.14. The second kappa shape index (κ2) is 6.18. The third-order valence-corrected chi connectivity index (χ3v) is 2.98. The van der Waals surface area contributed by atoms with Crippen molar-refractivity contribution >= 4 is 11.9 Å². The Morgan fingerprint density at radius 3 is 2.50 bits per heavy atom. The predicted molar refractivity (Wildman–Crippen MR) is 66.8 cm³/mol. The quantitative estimate of drug-likeness (QED) is 0.703. The normalized spacial score (nSPS) is 23.5. The van der Waals surface area contributed by atoms with E-state index in [1.54, 1.807) is 20.8 Å². The topological polar surface area (TPSA) is 55.8 Å². The van der Waals surface area contributed by atoms with Crippen LogP contribution in [0.25, 0.3) is 0 Å². The van der Waals surface area contributed by atoms with Crippen LogP contribution in [0.1, 0.15) is 47.0 Å². The summed E-state index contributed by atoms with van der Waals surface area (Å²) in [6.07, 6.45) is 1.43. The van der Waals surface area contributed by atoms with Gasteiger partial charge in [0.05, 0.1) is 6.10 Å². The van der Waals surface area contributed by atoms with Gasteiger partial charge in [-0.3, -0.25) is 4.79 Å². The number of hydrogen-bond acceptors (Lipinski definition) is 4. The number of hydrogen-bond donors (Lipinski definition) is 0. The molecule has 0 N–H and O–H groups in total. The zero-order valence-electron chi connectivity index (χ0n) is 11.7. The molecule has 0 bridgehead atoms. The number of amides is 1. The van der Waals surface area contributed by atoms with E-state index in [1.807, 2.05) is 6.92 Å². The monoisotopic (exact) mass is 257 g/mol. The molecule has 1 heterocycles. The molecule has 0 spiro atoms. The lowest BCUT2D eigenvalue weighted by Gasteiger charge is -2.36. The zero-order valence-corrected chi connectivity index (χ0v) is 11.7. The maximum Gasteiger partial charge on any atom is 0.360 e. The Bertz CT molecular complexity index is 316. The molecule has 5 heteroatoms. The van der Waals surface area contributed by atoms with Crippen LogP contribution in [0.15, 0.2) is 0 Å². The summed E-state index contributed by atoms with van der Waals surface area (Å²) in [6, 6.07) is 0. The van der Waals surface area contributed by atoms with Gasteiger partial charge in [0.15, 0.2) is 0 Å². The van der Waals surface area contributed by atoms with E-state index in [4.69, 9.17) is 9.47 Å². The molecule has 0 aromatic heterocycles. The lowest BCUT2D eigenvalue weighted by molar-refractivity contribution is -0.201. The highest BCUT2D eigenvalue weighted by atomic mass is 16.6. The first kappa shape index (κ1) is 15.0. The van der Waals surface area contributed by atoms with Crippen molar-refractivity contribution in [1.82, 2.24) is 4.90 Å². The lowest BCUT2D eigenvalue weighted by atomic mass is 10.1. The van der Waals surface area contributed by atoms with Gasteiger partial charge >= 0.3 is 5.97 Å². The Hall–Kier alpha value is -1.10. The molecule has 0 aromatic carbocycles. The first-order valence-corrected chi connectivity index (χ1v) is 6.63. The number of ether oxygens (including phenoxy) is 2. The molecule has 0 saturated carbocycles. The van der Waals surface area contributed by atoms with Gasteiger partial charge in [0, 0.05) is 26.0 Å². The van der Waals surface area contributed by atoms with Crippen LogP contribution >= 0.6 is 0 Å². The van der Waals surface area contributed by atoms with Crippen molar-refractivity contribution in [2.45, 2.75) is 58.8 Å². The van der Waals surface area contributed by atoms with Gasteiger partial charge in [-0.05, 0) is 27.2 Å². The average Bonchev–Trinajstić information content (AvgIpc) is 2.72. The van der Waals surface area contributed by atoms with Gasteiger partial charge in [0.2, 0.25) is 11.6 Å². The minimum absolute atomic E-state index is 0.0679. The van der Waals surface area contributed by atoms with Crippen molar-refractivity contribution in [3.8, 4) is 0 Å². The third-order valence-electron chi connectivity index (χ3n) is 2.98. The predicted octanol–water partition coefficient (Wildman–Crippen LogP) is 1.70. The van der Waals surface area contributed by atoms with Crippen LogP contribution in [0.2, 0.25) is 0 Å². The second-order valence-electron chi connectivity index (χ2n) is 4.67. The van der Waals surface area contributed by atoms with Crippen LogP contribution in [0.5, 0.6) is 0 Å². The Labute approximate surface area is 108 Å². The van der Waals surface area contributed by atoms with Crippen molar-refractivity contribution in [3.63, 3.8) is 0 Å². The summed E-state index contributed by atoms with van der Waals surface area (Å²) < 4.78 is 10.9. The summed E-state index contributed by atoms with van der Waals surface area (Å²) >= 11 is 0. The van der Waals surface area contributed by atoms with E-state index in [9.17, 15) is 9.59 Å². The van der Waals surface area contributed by atoms with Crippen LogP contribution in [0, 0.1) is 0 Å². The van der Waals surface area contributed by atoms with Crippen molar-refractivity contribution in [2.24, 2.45) is 0 Å². The molecule has 5 nitrogen and oxygen atoms in total.